The van der Waals surface area contributed by atoms with Gasteiger partial charge in [0, 0.05) is 38.3 Å². The van der Waals surface area contributed by atoms with Gasteiger partial charge in [-0.25, -0.2) is 18.7 Å². The quantitative estimate of drug-likeness (QED) is 0.153. The summed E-state index contributed by atoms with van der Waals surface area (Å²) < 4.78 is 42.3. The van der Waals surface area contributed by atoms with Crippen molar-refractivity contribution in [3.8, 4) is 22.9 Å². The lowest BCUT2D eigenvalue weighted by Gasteiger charge is -2.48. The summed E-state index contributed by atoms with van der Waals surface area (Å²) in [5.41, 5.74) is 7.51. The Labute approximate surface area is 399 Å². The first kappa shape index (κ1) is 46.6. The molecular formula is C54H54F2N8O5. The molecule has 354 valence electrons. The Morgan fingerprint density at radius 2 is 1.10 bits per heavy atom. The van der Waals surface area contributed by atoms with E-state index in [1.807, 2.05) is 89.7 Å². The van der Waals surface area contributed by atoms with E-state index in [0.29, 0.717) is 74.6 Å². The summed E-state index contributed by atoms with van der Waals surface area (Å²) in [5, 5.41) is 10.5. The van der Waals surface area contributed by atoms with Gasteiger partial charge in [-0.3, -0.25) is 29.4 Å². The number of imidazole rings is 2. The van der Waals surface area contributed by atoms with E-state index in [4.69, 9.17) is 19.5 Å². The van der Waals surface area contributed by atoms with Crippen LogP contribution in [0.2, 0.25) is 0 Å². The summed E-state index contributed by atoms with van der Waals surface area (Å²) in [7, 11) is 3.28. The van der Waals surface area contributed by atoms with Gasteiger partial charge in [0.2, 0.25) is 11.8 Å². The van der Waals surface area contributed by atoms with Crippen molar-refractivity contribution in [3.05, 3.63) is 166 Å². The molecule has 4 aliphatic heterocycles. The highest BCUT2D eigenvalue weighted by molar-refractivity contribution is 6.14. The number of aliphatic hydroxyl groups excluding tert-OH is 1. The predicted octanol–water partition coefficient (Wildman–Crippen LogP) is 9.08. The molecule has 2 atom stereocenters. The van der Waals surface area contributed by atoms with Gasteiger partial charge >= 0.3 is 0 Å². The number of amidine groups is 2. The van der Waals surface area contributed by atoms with Crippen LogP contribution in [0.3, 0.4) is 0 Å². The standard InChI is InChI=1S/C27H27FN4O3.C27H27FN4O2/c1-18-15-31(17-30-18)23-9-3-19(14-24(23)35-2)13-20-4-10-25(34)32-26(20)29-12-11-27(32,16-33)21-5-7-22(28)8-6-21;1-18-16-31(17-30-18)23-10-4-19(15-24(23)34-3)14-20-5-11-25(33)32-26(20)29-13-12-27(32,2)21-6-8-22(28)9-7-21/h3,5-9,13-15,17,33H,4,10-12,16H2,1-2H3;4,6-10,14-17H,5,11-13H2,1-3H3/b20-13+;20-14+. The maximum Gasteiger partial charge on any atom is 0.229 e. The van der Waals surface area contributed by atoms with Crippen LogP contribution in [-0.2, 0) is 20.7 Å². The fourth-order valence-corrected chi connectivity index (χ4v) is 9.83. The molecule has 0 spiro atoms. The van der Waals surface area contributed by atoms with Crippen molar-refractivity contribution >= 4 is 35.6 Å². The van der Waals surface area contributed by atoms with E-state index >= 15 is 0 Å². The smallest absolute Gasteiger partial charge is 0.229 e. The second-order valence-corrected chi connectivity index (χ2v) is 17.9. The Morgan fingerprint density at radius 3 is 1.57 bits per heavy atom. The summed E-state index contributed by atoms with van der Waals surface area (Å²) in [5.74, 6) is 2.01. The minimum Gasteiger partial charge on any atom is -0.495 e. The van der Waals surface area contributed by atoms with Crippen LogP contribution < -0.4 is 9.47 Å². The number of halogens is 2. The molecular weight excluding hydrogens is 879 g/mol. The number of ether oxygens (including phenoxy) is 2. The Balaban J connectivity index is 0.000000172. The number of benzene rings is 4. The number of carbonyl (C=O) groups excluding carboxylic acids is 2. The van der Waals surface area contributed by atoms with Crippen LogP contribution in [-0.4, -0.2) is 91.4 Å². The van der Waals surface area contributed by atoms with E-state index in [2.05, 4.69) is 16.0 Å². The second-order valence-electron chi connectivity index (χ2n) is 17.9. The number of methoxy groups -OCH3 is 2. The highest BCUT2D eigenvalue weighted by atomic mass is 19.1. The zero-order valence-corrected chi connectivity index (χ0v) is 39.3. The Bertz CT molecular complexity index is 3050. The SMILES string of the molecule is COc1cc(/C=C2\CCC(=O)N3C2=NCCC3(C)c2ccc(F)cc2)ccc1-n1cnc(C)c1.COc1cc(/C=C2\CCC(=O)N3C2=NCCC3(CO)c2ccc(F)cc2)ccc1-n1cnc(C)c1. The number of aryl methyl sites for hydroxylation is 2. The lowest BCUT2D eigenvalue weighted by molar-refractivity contribution is -0.135. The van der Waals surface area contributed by atoms with Gasteiger partial charge in [0.1, 0.15) is 34.8 Å². The zero-order valence-electron chi connectivity index (χ0n) is 39.3. The first-order valence-corrected chi connectivity index (χ1v) is 23.0. The van der Waals surface area contributed by atoms with E-state index in [-0.39, 0.29) is 30.1 Å². The molecule has 0 bridgehead atoms. The van der Waals surface area contributed by atoms with Gasteiger partial charge in [-0.2, -0.15) is 0 Å². The zero-order chi connectivity index (χ0) is 48.5. The molecule has 4 aromatic carbocycles. The highest BCUT2D eigenvalue weighted by Gasteiger charge is 2.48. The van der Waals surface area contributed by atoms with Crippen molar-refractivity contribution in [3.63, 3.8) is 0 Å². The Kier molecular flexibility index (Phi) is 13.0. The summed E-state index contributed by atoms with van der Waals surface area (Å²) >= 11 is 0. The highest BCUT2D eigenvalue weighted by Crippen LogP contribution is 2.42. The molecule has 2 saturated heterocycles. The number of piperidine rings is 2. The molecule has 69 heavy (non-hydrogen) atoms. The third-order valence-corrected chi connectivity index (χ3v) is 13.5. The van der Waals surface area contributed by atoms with E-state index in [1.165, 1.54) is 24.3 Å². The summed E-state index contributed by atoms with van der Waals surface area (Å²) in [6.45, 7) is 6.71. The fraction of sp³-hybridized carbons (Fsp3) is 0.296. The van der Waals surface area contributed by atoms with E-state index in [1.54, 1.807) is 56.0 Å². The number of hydrogen-bond acceptors (Lipinski definition) is 9. The second kappa shape index (κ2) is 19.2. The predicted molar refractivity (Wildman–Crippen MR) is 261 cm³/mol. The van der Waals surface area contributed by atoms with Crippen molar-refractivity contribution in [1.82, 2.24) is 28.9 Å². The monoisotopic (exact) mass is 932 g/mol. The summed E-state index contributed by atoms with van der Waals surface area (Å²) in [6.07, 6.45) is 14.5. The molecule has 13 nitrogen and oxygen atoms in total. The number of carbonyl (C=O) groups is 2. The van der Waals surface area contributed by atoms with Crippen LogP contribution >= 0.6 is 0 Å². The van der Waals surface area contributed by atoms with Crippen molar-refractivity contribution in [2.45, 2.75) is 70.4 Å². The van der Waals surface area contributed by atoms with Crippen molar-refractivity contribution in [1.29, 1.82) is 0 Å². The normalized spacial score (nSPS) is 21.3. The molecule has 2 aromatic heterocycles. The Hall–Kier alpha value is -7.52. The number of fused-ring (bicyclic) bond motifs is 2. The van der Waals surface area contributed by atoms with Crippen LogP contribution in [0.25, 0.3) is 23.5 Å². The number of aliphatic imine (C=N–C) groups is 2. The van der Waals surface area contributed by atoms with Crippen molar-refractivity contribution in [2.24, 2.45) is 9.98 Å². The summed E-state index contributed by atoms with van der Waals surface area (Å²) in [6, 6.07) is 24.4. The molecule has 2 unspecified atom stereocenters. The van der Waals surface area contributed by atoms with Crippen LogP contribution in [0, 0.1) is 25.5 Å². The van der Waals surface area contributed by atoms with Gasteiger partial charge in [-0.15, -0.1) is 0 Å². The number of rotatable bonds is 9. The maximum atomic E-state index is 13.6. The minimum atomic E-state index is -0.970. The van der Waals surface area contributed by atoms with E-state index in [9.17, 15) is 23.5 Å². The first-order chi connectivity index (χ1) is 33.3. The van der Waals surface area contributed by atoms with Gasteiger partial charge in [0.05, 0.1) is 67.3 Å². The molecule has 0 radical (unpaired) electrons. The molecule has 1 N–H and O–H groups in total. The average Bonchev–Trinajstić information content (AvgIpc) is 4.01. The lowest BCUT2D eigenvalue weighted by Crippen LogP contribution is -2.59. The Morgan fingerprint density at radius 1 is 0.638 bits per heavy atom. The molecule has 10 rings (SSSR count). The van der Waals surface area contributed by atoms with E-state index in [0.717, 1.165) is 56.3 Å². The molecule has 4 aliphatic rings. The third kappa shape index (κ3) is 9.01. The van der Waals surface area contributed by atoms with Gasteiger partial charge < -0.3 is 23.7 Å². The van der Waals surface area contributed by atoms with Crippen molar-refractivity contribution < 1.29 is 33.0 Å². The lowest BCUT2D eigenvalue weighted by atomic mass is 9.81. The number of amides is 2. The molecule has 0 saturated carbocycles. The molecule has 2 fully saturated rings. The molecule has 6 aromatic rings. The first-order valence-electron chi connectivity index (χ1n) is 23.0. The largest absolute Gasteiger partial charge is 0.495 e. The average molecular weight is 933 g/mol. The van der Waals surface area contributed by atoms with Crippen LogP contribution in [0.15, 0.2) is 131 Å². The van der Waals surface area contributed by atoms with Gasteiger partial charge in [-0.1, -0.05) is 36.4 Å². The van der Waals surface area contributed by atoms with Crippen LogP contribution in [0.5, 0.6) is 11.5 Å². The molecule has 6 heterocycles. The minimum absolute atomic E-state index is 0.0471. The van der Waals surface area contributed by atoms with Gasteiger partial charge in [-0.05, 0) is 141 Å². The summed E-state index contributed by atoms with van der Waals surface area (Å²) in [4.78, 5) is 47.7. The van der Waals surface area contributed by atoms with E-state index < -0.39 is 11.1 Å². The number of aliphatic hydroxyl groups is 1. The fourth-order valence-electron chi connectivity index (χ4n) is 9.83. The van der Waals surface area contributed by atoms with Crippen LogP contribution in [0.1, 0.15) is 79.1 Å². The number of nitrogens with zero attached hydrogens (tertiary/aromatic N) is 8. The number of aromatic nitrogens is 4. The molecule has 15 heteroatoms. The van der Waals surface area contributed by atoms with Crippen LogP contribution in [0.4, 0.5) is 8.78 Å². The maximum absolute atomic E-state index is 13.6. The van der Waals surface area contributed by atoms with Crippen molar-refractivity contribution in [2.75, 3.05) is 33.9 Å². The molecule has 2 amide bonds. The van der Waals surface area contributed by atoms with Gasteiger partial charge in [0.25, 0.3) is 0 Å². The molecule has 0 aliphatic carbocycles. The van der Waals surface area contributed by atoms with Gasteiger partial charge in [0.15, 0.2) is 0 Å². The topological polar surface area (TPSA) is 140 Å². The third-order valence-electron chi connectivity index (χ3n) is 13.5. The number of hydrogen-bond donors (Lipinski definition) is 1.